The fourth-order valence-corrected chi connectivity index (χ4v) is 5.33. The van der Waals surface area contributed by atoms with Gasteiger partial charge in [-0.05, 0) is 24.1 Å². The third-order valence-corrected chi connectivity index (χ3v) is 7.00. The summed E-state index contributed by atoms with van der Waals surface area (Å²) in [6.45, 7) is 3.71. The van der Waals surface area contributed by atoms with Crippen LogP contribution >= 0.6 is 0 Å². The van der Waals surface area contributed by atoms with Crippen molar-refractivity contribution in [2.24, 2.45) is 0 Å². The third kappa shape index (κ3) is 3.57. The highest BCUT2D eigenvalue weighted by atomic mass is 32.2. The van der Waals surface area contributed by atoms with Gasteiger partial charge in [-0.15, -0.1) is 0 Å². The van der Waals surface area contributed by atoms with Crippen molar-refractivity contribution in [3.8, 4) is 0 Å². The maximum atomic E-state index is 13.1. The van der Waals surface area contributed by atoms with E-state index < -0.39 is 21.7 Å². The molecule has 1 aromatic rings. The van der Waals surface area contributed by atoms with Crippen LogP contribution < -0.4 is 0 Å². The normalized spacial score (nSPS) is 21.6. The number of hydrogen-bond acceptors (Lipinski definition) is 5. The summed E-state index contributed by atoms with van der Waals surface area (Å²) in [5.41, 5.74) is 0.241. The van der Waals surface area contributed by atoms with E-state index in [1.165, 1.54) is 4.31 Å². The maximum absolute atomic E-state index is 13.1. The number of nitrogens with zero attached hydrogens (tertiary/aromatic N) is 2. The minimum Gasteiger partial charge on any atom is -0.480 e. The van der Waals surface area contributed by atoms with Gasteiger partial charge in [0.1, 0.15) is 5.72 Å². The number of ether oxygens (including phenoxy) is 1. The average Bonchev–Trinajstić information content (AvgIpc) is 3.01. The van der Waals surface area contributed by atoms with E-state index in [2.05, 4.69) is 0 Å². The molecule has 2 saturated heterocycles. The van der Waals surface area contributed by atoms with E-state index in [9.17, 15) is 13.2 Å². The molecule has 0 unspecified atom stereocenters. The first-order valence-corrected chi connectivity index (χ1v) is 10.0. The van der Waals surface area contributed by atoms with E-state index in [0.29, 0.717) is 39.1 Å². The van der Waals surface area contributed by atoms with E-state index in [1.54, 1.807) is 12.1 Å². The number of carbonyl (C=O) groups is 1. The highest BCUT2D eigenvalue weighted by Gasteiger charge is 2.50. The summed E-state index contributed by atoms with van der Waals surface area (Å²) in [6.07, 6.45) is 1.82. The van der Waals surface area contributed by atoms with Crippen molar-refractivity contribution in [3.63, 3.8) is 0 Å². The second-order valence-corrected chi connectivity index (χ2v) is 8.40. The minimum atomic E-state index is -3.64. The lowest BCUT2D eigenvalue weighted by Gasteiger charge is -2.42. The molecule has 0 bridgehead atoms. The van der Waals surface area contributed by atoms with E-state index in [4.69, 9.17) is 9.84 Å². The molecule has 0 amide bonds. The van der Waals surface area contributed by atoms with Gasteiger partial charge >= 0.3 is 5.97 Å². The standard InChI is InChI=1S/C17H24N2O5S/c1-2-14-3-5-15(6-4-14)25(22,23)19-11-12-24-17(19)7-9-18(10-8-17)13-16(20)21/h3-6H,2,7-13H2,1H3,(H,20,21). The first-order valence-electron chi connectivity index (χ1n) is 8.57. The zero-order valence-corrected chi connectivity index (χ0v) is 15.2. The van der Waals surface area contributed by atoms with Crippen molar-refractivity contribution in [2.75, 3.05) is 32.8 Å². The van der Waals surface area contributed by atoms with Gasteiger partial charge in [0.15, 0.2) is 0 Å². The molecule has 0 radical (unpaired) electrons. The zero-order chi connectivity index (χ0) is 18.1. The number of aryl methyl sites for hydroxylation is 1. The minimum absolute atomic E-state index is 0.0265. The molecule has 7 nitrogen and oxygen atoms in total. The largest absolute Gasteiger partial charge is 0.480 e. The first kappa shape index (κ1) is 18.3. The Balaban J connectivity index is 1.80. The molecule has 2 aliphatic heterocycles. The molecule has 1 aromatic carbocycles. The van der Waals surface area contributed by atoms with Crippen molar-refractivity contribution in [1.82, 2.24) is 9.21 Å². The Bertz CT molecular complexity index is 724. The second-order valence-electron chi connectivity index (χ2n) is 6.54. The van der Waals surface area contributed by atoms with Crippen LogP contribution in [-0.4, -0.2) is 67.2 Å². The predicted octanol–water partition coefficient (Wildman–Crippen LogP) is 1.15. The average molecular weight is 368 g/mol. The molecule has 8 heteroatoms. The Morgan fingerprint density at radius 1 is 1.20 bits per heavy atom. The highest BCUT2D eigenvalue weighted by molar-refractivity contribution is 7.89. The SMILES string of the molecule is CCc1ccc(S(=O)(=O)N2CCOC23CCN(CC(=O)O)CC3)cc1. The Labute approximate surface area is 148 Å². The van der Waals surface area contributed by atoms with E-state index >= 15 is 0 Å². The maximum Gasteiger partial charge on any atom is 0.317 e. The van der Waals surface area contributed by atoms with Crippen LogP contribution in [0.2, 0.25) is 0 Å². The lowest BCUT2D eigenvalue weighted by molar-refractivity contribution is -0.141. The number of piperidine rings is 1. The predicted molar refractivity (Wildman–Crippen MR) is 91.7 cm³/mol. The van der Waals surface area contributed by atoms with Crippen molar-refractivity contribution in [2.45, 2.75) is 36.8 Å². The number of carboxylic acids is 1. The fraction of sp³-hybridized carbons (Fsp3) is 0.588. The van der Waals surface area contributed by atoms with Crippen LogP contribution in [0.3, 0.4) is 0 Å². The van der Waals surface area contributed by atoms with Gasteiger partial charge in [-0.2, -0.15) is 4.31 Å². The lowest BCUT2D eigenvalue weighted by atomic mass is 10.0. The van der Waals surface area contributed by atoms with E-state index in [0.717, 1.165) is 12.0 Å². The van der Waals surface area contributed by atoms with Crippen molar-refractivity contribution in [3.05, 3.63) is 29.8 Å². The number of likely N-dealkylation sites (tertiary alicyclic amines) is 1. The molecule has 0 atom stereocenters. The lowest BCUT2D eigenvalue weighted by Crippen LogP contribution is -2.55. The highest BCUT2D eigenvalue weighted by Crippen LogP contribution is 2.38. The molecule has 25 heavy (non-hydrogen) atoms. The van der Waals surface area contributed by atoms with Crippen LogP contribution in [0.1, 0.15) is 25.3 Å². The number of sulfonamides is 1. The van der Waals surface area contributed by atoms with Gasteiger partial charge in [0.25, 0.3) is 0 Å². The van der Waals surface area contributed by atoms with E-state index in [1.807, 2.05) is 24.0 Å². The van der Waals surface area contributed by atoms with Crippen LogP contribution in [0.15, 0.2) is 29.2 Å². The fourth-order valence-electron chi connectivity index (χ4n) is 3.60. The van der Waals surface area contributed by atoms with Crippen molar-refractivity contribution in [1.29, 1.82) is 0 Å². The molecule has 0 aliphatic carbocycles. The van der Waals surface area contributed by atoms with Crippen LogP contribution in [0.5, 0.6) is 0 Å². The smallest absolute Gasteiger partial charge is 0.317 e. The number of benzene rings is 1. The summed E-state index contributed by atoms with van der Waals surface area (Å²) >= 11 is 0. The summed E-state index contributed by atoms with van der Waals surface area (Å²) in [6, 6.07) is 6.98. The van der Waals surface area contributed by atoms with Crippen molar-refractivity contribution < 1.29 is 23.1 Å². The van der Waals surface area contributed by atoms with Crippen LogP contribution in [0.4, 0.5) is 0 Å². The van der Waals surface area contributed by atoms with Gasteiger partial charge < -0.3 is 9.84 Å². The molecule has 138 valence electrons. The van der Waals surface area contributed by atoms with Gasteiger partial charge in [0, 0.05) is 32.5 Å². The number of hydrogen-bond donors (Lipinski definition) is 1. The molecule has 2 heterocycles. The zero-order valence-electron chi connectivity index (χ0n) is 14.3. The van der Waals surface area contributed by atoms with Crippen LogP contribution in [-0.2, 0) is 26.0 Å². The summed E-state index contributed by atoms with van der Waals surface area (Å²) in [5, 5.41) is 8.92. The topological polar surface area (TPSA) is 87.2 Å². The Morgan fingerprint density at radius 3 is 2.40 bits per heavy atom. The van der Waals surface area contributed by atoms with Crippen LogP contribution in [0.25, 0.3) is 0 Å². The summed E-state index contributed by atoms with van der Waals surface area (Å²) in [5.74, 6) is -0.871. The van der Waals surface area contributed by atoms with Crippen molar-refractivity contribution >= 4 is 16.0 Å². The first-order chi connectivity index (χ1) is 11.9. The molecule has 0 saturated carbocycles. The summed E-state index contributed by atoms with van der Waals surface area (Å²) < 4.78 is 33.6. The van der Waals surface area contributed by atoms with Gasteiger partial charge in [-0.1, -0.05) is 19.1 Å². The number of carboxylic acid groups (broad SMARTS) is 1. The molecule has 0 aromatic heterocycles. The van der Waals surface area contributed by atoms with E-state index in [-0.39, 0.29) is 11.4 Å². The number of rotatable bonds is 5. The molecular weight excluding hydrogens is 344 g/mol. The molecular formula is C17H24N2O5S. The third-order valence-electron chi connectivity index (χ3n) is 5.04. The second kappa shape index (κ2) is 7.03. The summed E-state index contributed by atoms with van der Waals surface area (Å²) in [7, 11) is -3.64. The Morgan fingerprint density at radius 2 is 1.84 bits per heavy atom. The van der Waals surface area contributed by atoms with Gasteiger partial charge in [-0.25, -0.2) is 8.42 Å². The quantitative estimate of drug-likeness (QED) is 0.839. The van der Waals surface area contributed by atoms with Gasteiger partial charge in [0.2, 0.25) is 10.0 Å². The molecule has 3 rings (SSSR count). The Hall–Kier alpha value is -1.48. The molecule has 2 aliphatic rings. The molecule has 2 fully saturated rings. The molecule has 1 N–H and O–H groups in total. The van der Waals surface area contributed by atoms with Gasteiger partial charge in [0.05, 0.1) is 18.0 Å². The monoisotopic (exact) mass is 368 g/mol. The Kier molecular flexibility index (Phi) is 5.15. The van der Waals surface area contributed by atoms with Crippen LogP contribution in [0, 0.1) is 0 Å². The van der Waals surface area contributed by atoms with Gasteiger partial charge in [-0.3, -0.25) is 9.69 Å². The molecule has 1 spiro atoms. The number of aliphatic carboxylic acids is 1. The summed E-state index contributed by atoms with van der Waals surface area (Å²) in [4.78, 5) is 13.0.